The molecule has 0 aromatic rings. The Morgan fingerprint density at radius 2 is 1.05 bits per heavy atom. The van der Waals surface area contributed by atoms with Crippen molar-refractivity contribution >= 4 is 6.03 Å². The van der Waals surface area contributed by atoms with E-state index in [2.05, 4.69) is 23.6 Å². The van der Waals surface area contributed by atoms with E-state index < -0.39 is 0 Å². The van der Waals surface area contributed by atoms with Crippen molar-refractivity contribution in [2.45, 2.75) is 27.7 Å². The van der Waals surface area contributed by atoms with E-state index in [9.17, 15) is 4.79 Å². The van der Waals surface area contributed by atoms with Crippen LogP contribution in [-0.4, -0.2) is 91.1 Å². The van der Waals surface area contributed by atoms with Gasteiger partial charge in [0.2, 0.25) is 0 Å². The molecule has 5 nitrogen and oxygen atoms in total. The Morgan fingerprint density at radius 3 is 1.40 bits per heavy atom. The number of hydrogen-bond donors (Lipinski definition) is 0. The van der Waals surface area contributed by atoms with Gasteiger partial charge in [0.15, 0.2) is 0 Å². The Kier molecular flexibility index (Phi) is 7.92. The lowest BCUT2D eigenvalue weighted by Gasteiger charge is -2.26. The highest BCUT2D eigenvalue weighted by Crippen LogP contribution is 2.09. The van der Waals surface area contributed by atoms with Crippen LogP contribution in [0.2, 0.25) is 0 Å². The van der Waals surface area contributed by atoms with Crippen LogP contribution in [-0.2, 0) is 0 Å². The lowest BCUT2D eigenvalue weighted by atomic mass is 10.3. The first-order valence-corrected chi connectivity index (χ1v) is 8.23. The number of nitrogens with zero attached hydrogens (tertiary/aromatic N) is 4. The summed E-state index contributed by atoms with van der Waals surface area (Å²) in [5, 5.41) is 0. The lowest BCUT2D eigenvalue weighted by molar-refractivity contribution is 0.186. The summed E-state index contributed by atoms with van der Waals surface area (Å²) in [6.45, 7) is 18.4. The largest absolute Gasteiger partial charge is 0.322 e. The minimum absolute atomic E-state index is 0. The van der Waals surface area contributed by atoms with Gasteiger partial charge in [0, 0.05) is 55.2 Å². The van der Waals surface area contributed by atoms with E-state index in [1.54, 1.807) is 0 Å². The van der Waals surface area contributed by atoms with Crippen LogP contribution < -0.4 is 0 Å². The fourth-order valence-corrected chi connectivity index (χ4v) is 2.71. The molecule has 2 fully saturated rings. The molecule has 2 heterocycles. The fraction of sp³-hybridized carbons (Fsp3) is 0.933. The maximum absolute atomic E-state index is 12.1. The molecule has 2 aliphatic heterocycles. The van der Waals surface area contributed by atoms with Crippen molar-refractivity contribution in [2.24, 2.45) is 0 Å². The highest BCUT2D eigenvalue weighted by molar-refractivity contribution is 5.76. The van der Waals surface area contributed by atoms with Crippen LogP contribution in [0, 0.1) is 0 Å². The normalized spacial score (nSPS) is 22.3. The van der Waals surface area contributed by atoms with Crippen LogP contribution in [0.25, 0.3) is 0 Å². The maximum Gasteiger partial charge on any atom is 0.320 e. The van der Waals surface area contributed by atoms with Gasteiger partial charge in [-0.15, -0.1) is 0 Å². The highest BCUT2D eigenvalue weighted by Gasteiger charge is 2.28. The first kappa shape index (κ1) is 17.2. The van der Waals surface area contributed by atoms with Crippen molar-refractivity contribution in [2.75, 3.05) is 65.4 Å². The Morgan fingerprint density at radius 1 is 0.750 bits per heavy atom. The third-order valence-corrected chi connectivity index (χ3v) is 4.18. The monoisotopic (exact) mass is 288 g/mol. The third-order valence-electron chi connectivity index (χ3n) is 4.18. The first-order chi connectivity index (χ1) is 9.74. The average Bonchev–Trinajstić information content (AvgIpc) is 2.82. The van der Waals surface area contributed by atoms with Gasteiger partial charge in [0.1, 0.15) is 0 Å². The molecule has 0 aromatic carbocycles. The summed E-state index contributed by atoms with van der Waals surface area (Å²) in [5.41, 5.74) is 0. The van der Waals surface area contributed by atoms with E-state index >= 15 is 0 Å². The Hall–Kier alpha value is -0.810. The number of hydrogen-bond acceptors (Lipinski definition) is 3. The van der Waals surface area contributed by atoms with Gasteiger partial charge in [-0.25, -0.2) is 4.79 Å². The molecule has 2 saturated heterocycles. The van der Waals surface area contributed by atoms with E-state index in [0.29, 0.717) is 0 Å². The standard InChI is InChI=1S/C13H26N4O.C2H6.2H2/c1-3-14-5-6-15(4-2)8-10-17-12-11-16(9-7-14)13(17)18;1-2;;/h3-12H2,1-2H3;1-2H3;2*1H. The number of carbonyl (C=O) groups excluding carboxylic acids is 1. The molecule has 0 radical (unpaired) electrons. The summed E-state index contributed by atoms with van der Waals surface area (Å²) in [7, 11) is 0. The van der Waals surface area contributed by atoms with Gasteiger partial charge in [0.25, 0.3) is 0 Å². The van der Waals surface area contributed by atoms with Crippen molar-refractivity contribution in [3.8, 4) is 0 Å². The van der Waals surface area contributed by atoms with Gasteiger partial charge < -0.3 is 19.6 Å². The predicted octanol–water partition coefficient (Wildman–Crippen LogP) is 1.90. The molecule has 0 N–H and O–H groups in total. The Balaban J connectivity index is 0. The van der Waals surface area contributed by atoms with Crippen LogP contribution in [0.1, 0.15) is 30.5 Å². The molecular weight excluding hydrogens is 252 g/mol. The third kappa shape index (κ3) is 4.63. The summed E-state index contributed by atoms with van der Waals surface area (Å²) < 4.78 is 0. The molecule has 2 amide bonds. The van der Waals surface area contributed by atoms with Crippen molar-refractivity contribution in [3.05, 3.63) is 0 Å². The zero-order chi connectivity index (χ0) is 15.0. The minimum atomic E-state index is 0. The molecule has 2 aliphatic rings. The number of likely N-dealkylation sites (N-methyl/N-ethyl adjacent to an activating group) is 2. The van der Waals surface area contributed by atoms with Crippen molar-refractivity contribution in [1.82, 2.24) is 19.6 Å². The van der Waals surface area contributed by atoms with Gasteiger partial charge in [-0.2, -0.15) is 0 Å². The smallest absolute Gasteiger partial charge is 0.320 e. The van der Waals surface area contributed by atoms with E-state index in [-0.39, 0.29) is 8.88 Å². The predicted molar refractivity (Wildman–Crippen MR) is 88.3 cm³/mol. The highest BCUT2D eigenvalue weighted by atomic mass is 16.2. The van der Waals surface area contributed by atoms with Crippen molar-refractivity contribution in [1.29, 1.82) is 0 Å². The first-order valence-electron chi connectivity index (χ1n) is 8.23. The van der Waals surface area contributed by atoms with Crippen LogP contribution in [0.4, 0.5) is 4.79 Å². The topological polar surface area (TPSA) is 30.0 Å². The fourth-order valence-electron chi connectivity index (χ4n) is 2.71. The average molecular weight is 288 g/mol. The van der Waals surface area contributed by atoms with E-state index in [1.165, 1.54) is 0 Å². The minimum Gasteiger partial charge on any atom is -0.322 e. The van der Waals surface area contributed by atoms with Crippen LogP contribution >= 0.6 is 0 Å². The molecule has 0 unspecified atom stereocenters. The number of fused-ring (bicyclic) bond motifs is 2. The molecule has 2 bridgehead atoms. The molecule has 0 spiro atoms. The second-order valence-corrected chi connectivity index (χ2v) is 5.13. The quantitative estimate of drug-likeness (QED) is 0.777. The van der Waals surface area contributed by atoms with E-state index in [4.69, 9.17) is 0 Å². The zero-order valence-electron chi connectivity index (χ0n) is 13.8. The van der Waals surface area contributed by atoms with E-state index in [1.807, 2.05) is 23.6 Å². The van der Waals surface area contributed by atoms with Crippen LogP contribution in [0.15, 0.2) is 0 Å². The van der Waals surface area contributed by atoms with Crippen molar-refractivity contribution < 1.29 is 7.65 Å². The number of carbonyl (C=O) groups is 1. The molecule has 0 aromatic heterocycles. The Bertz CT molecular complexity index is 269. The van der Waals surface area contributed by atoms with Gasteiger partial charge in [-0.05, 0) is 13.1 Å². The molecule has 0 aliphatic carbocycles. The summed E-state index contributed by atoms with van der Waals surface area (Å²) in [6.07, 6.45) is 0. The maximum atomic E-state index is 12.1. The van der Waals surface area contributed by atoms with Gasteiger partial charge in [-0.3, -0.25) is 0 Å². The number of amides is 2. The second-order valence-electron chi connectivity index (χ2n) is 5.13. The molecule has 0 saturated carbocycles. The molecule has 122 valence electrons. The summed E-state index contributed by atoms with van der Waals surface area (Å²) in [5.74, 6) is 0. The summed E-state index contributed by atoms with van der Waals surface area (Å²) in [6, 6.07) is 0.240. The van der Waals surface area contributed by atoms with Crippen molar-refractivity contribution in [3.63, 3.8) is 0 Å². The molecular formula is C15H36N4O. The van der Waals surface area contributed by atoms with E-state index in [0.717, 1.165) is 65.4 Å². The van der Waals surface area contributed by atoms with Gasteiger partial charge in [0.05, 0.1) is 0 Å². The second kappa shape index (κ2) is 9.19. The lowest BCUT2D eigenvalue weighted by Crippen LogP contribution is -2.39. The SMILES string of the molecule is CC.CCN1CCN(CC)CCN2CCN(CC1)C2=O.[HH].[HH]. The molecule has 2 rings (SSSR count). The molecule has 0 atom stereocenters. The van der Waals surface area contributed by atoms with Crippen LogP contribution in [0.3, 0.4) is 0 Å². The van der Waals surface area contributed by atoms with Gasteiger partial charge in [-0.1, -0.05) is 27.7 Å². The van der Waals surface area contributed by atoms with Gasteiger partial charge >= 0.3 is 6.03 Å². The summed E-state index contributed by atoms with van der Waals surface area (Å²) >= 11 is 0. The number of urea groups is 1. The Labute approximate surface area is 127 Å². The summed E-state index contributed by atoms with van der Waals surface area (Å²) in [4.78, 5) is 21.0. The van der Waals surface area contributed by atoms with Crippen LogP contribution in [0.5, 0.6) is 0 Å². The molecule has 20 heavy (non-hydrogen) atoms. The zero-order valence-corrected chi connectivity index (χ0v) is 13.8. The number of rotatable bonds is 2. The molecule has 5 heteroatoms.